The Morgan fingerprint density at radius 3 is 2.24 bits per heavy atom. The first-order valence-electron chi connectivity index (χ1n) is 8.19. The van der Waals surface area contributed by atoms with Gasteiger partial charge in [0.05, 0.1) is 11.7 Å². The molecule has 6 nitrogen and oxygen atoms in total. The Kier molecular flexibility index (Phi) is 6.83. The van der Waals surface area contributed by atoms with Crippen LogP contribution in [0.3, 0.4) is 0 Å². The topological polar surface area (TPSA) is 86.2 Å². The van der Waals surface area contributed by atoms with Gasteiger partial charge in [0.2, 0.25) is 0 Å². The Hall–Kier alpha value is -3.02. The summed E-state index contributed by atoms with van der Waals surface area (Å²) in [7, 11) is 0. The molecule has 1 amide bonds. The fraction of sp³-hybridized carbons (Fsp3) is 0.263. The Labute approximate surface area is 148 Å². The number of alkyl carbamates (subject to hydrolysis) is 1. The number of amides is 1. The van der Waals surface area contributed by atoms with Crippen LogP contribution in [0.15, 0.2) is 60.7 Å². The number of rotatable bonds is 7. The quantitative estimate of drug-likeness (QED) is 0.353. The molecule has 2 aromatic rings. The number of para-hydroxylation sites is 1. The second-order valence-corrected chi connectivity index (χ2v) is 5.96. The van der Waals surface area contributed by atoms with Gasteiger partial charge in [0, 0.05) is 0 Å². The van der Waals surface area contributed by atoms with Crippen LogP contribution in [0.2, 0.25) is 0 Å². The standard InChI is InChI=1S/C19H24N4O2/c1-14(2)17(18(20)23-22-16-11-7-4-8-12-16)21-19(24)25-13-15-9-5-3-6-10-15/h3-12,14,17,22H,13H2,1-2H3,(H2,20,23)(H,21,24)/t17-/m1/s1. The summed E-state index contributed by atoms with van der Waals surface area (Å²) in [5.74, 6) is 0.192. The maximum Gasteiger partial charge on any atom is 0.408 e. The van der Waals surface area contributed by atoms with E-state index in [0.717, 1.165) is 11.3 Å². The van der Waals surface area contributed by atoms with Crippen molar-refractivity contribution in [3.63, 3.8) is 0 Å². The molecule has 0 heterocycles. The summed E-state index contributed by atoms with van der Waals surface area (Å²) < 4.78 is 5.23. The molecule has 2 rings (SSSR count). The lowest BCUT2D eigenvalue weighted by atomic mass is 10.0. The minimum Gasteiger partial charge on any atom is -0.445 e. The van der Waals surface area contributed by atoms with Gasteiger partial charge in [-0.1, -0.05) is 62.4 Å². The molecule has 0 radical (unpaired) electrons. The van der Waals surface area contributed by atoms with Crippen molar-refractivity contribution in [1.82, 2.24) is 10.7 Å². The van der Waals surface area contributed by atoms with Gasteiger partial charge in [0.1, 0.15) is 12.4 Å². The van der Waals surface area contributed by atoms with Crippen molar-refractivity contribution in [3.8, 4) is 0 Å². The van der Waals surface area contributed by atoms with E-state index in [0.29, 0.717) is 0 Å². The molecule has 1 atom stereocenters. The summed E-state index contributed by atoms with van der Waals surface area (Å²) in [6, 6.07) is 18.5. The van der Waals surface area contributed by atoms with Crippen molar-refractivity contribution in [2.24, 2.45) is 5.92 Å². The van der Waals surface area contributed by atoms with Crippen molar-refractivity contribution in [2.45, 2.75) is 26.5 Å². The average Bonchev–Trinajstić information content (AvgIpc) is 2.64. The van der Waals surface area contributed by atoms with Crippen molar-refractivity contribution in [3.05, 3.63) is 66.2 Å². The third-order valence-corrected chi connectivity index (χ3v) is 3.58. The summed E-state index contributed by atoms with van der Waals surface area (Å²) >= 11 is 0. The Morgan fingerprint density at radius 1 is 1.04 bits per heavy atom. The second-order valence-electron chi connectivity index (χ2n) is 5.96. The molecule has 0 spiro atoms. The zero-order chi connectivity index (χ0) is 18.1. The molecule has 0 aliphatic rings. The van der Waals surface area contributed by atoms with E-state index in [4.69, 9.17) is 10.1 Å². The zero-order valence-electron chi connectivity index (χ0n) is 14.5. The summed E-state index contributed by atoms with van der Waals surface area (Å²) in [6.45, 7) is 4.06. The summed E-state index contributed by atoms with van der Waals surface area (Å²) in [5, 5.41) is 10.9. The third kappa shape index (κ3) is 6.18. The lowest BCUT2D eigenvalue weighted by Crippen LogP contribution is -2.50. The van der Waals surface area contributed by atoms with E-state index in [1.165, 1.54) is 0 Å². The molecular formula is C19H24N4O2. The SMILES string of the molecule is CC(C)[C@@H](NC(=O)OCc1ccccc1)C(=N)NNc1ccccc1. The highest BCUT2D eigenvalue weighted by Crippen LogP contribution is 2.06. The van der Waals surface area contributed by atoms with E-state index in [1.54, 1.807) is 0 Å². The number of nitrogens with one attached hydrogen (secondary N) is 4. The van der Waals surface area contributed by atoms with Crippen LogP contribution in [0.25, 0.3) is 0 Å². The first-order valence-corrected chi connectivity index (χ1v) is 8.19. The smallest absolute Gasteiger partial charge is 0.408 e. The zero-order valence-corrected chi connectivity index (χ0v) is 14.5. The van der Waals surface area contributed by atoms with Crippen LogP contribution >= 0.6 is 0 Å². The van der Waals surface area contributed by atoms with Gasteiger partial charge < -0.3 is 10.1 Å². The third-order valence-electron chi connectivity index (χ3n) is 3.58. The number of carbonyl (C=O) groups is 1. The second kappa shape index (κ2) is 9.32. The fourth-order valence-corrected chi connectivity index (χ4v) is 2.20. The highest BCUT2D eigenvalue weighted by molar-refractivity contribution is 5.88. The highest BCUT2D eigenvalue weighted by Gasteiger charge is 2.22. The Bertz CT molecular complexity index is 674. The molecule has 0 bridgehead atoms. The number of amidine groups is 1. The molecule has 0 aliphatic heterocycles. The van der Waals surface area contributed by atoms with E-state index in [-0.39, 0.29) is 18.4 Å². The lowest BCUT2D eigenvalue weighted by Gasteiger charge is -2.24. The minimum atomic E-state index is -0.547. The predicted molar refractivity (Wildman–Crippen MR) is 99.3 cm³/mol. The van der Waals surface area contributed by atoms with Crippen LogP contribution in [-0.2, 0) is 11.3 Å². The van der Waals surface area contributed by atoms with Crippen LogP contribution in [0.1, 0.15) is 19.4 Å². The number of ether oxygens (including phenoxy) is 1. The van der Waals surface area contributed by atoms with Crippen LogP contribution in [-0.4, -0.2) is 18.0 Å². The molecule has 4 N–H and O–H groups in total. The Morgan fingerprint density at radius 2 is 1.64 bits per heavy atom. The monoisotopic (exact) mass is 340 g/mol. The largest absolute Gasteiger partial charge is 0.445 e. The van der Waals surface area contributed by atoms with Gasteiger partial charge in [-0.3, -0.25) is 16.3 Å². The first-order chi connectivity index (χ1) is 12.1. The maximum absolute atomic E-state index is 12.0. The first kappa shape index (κ1) is 18.3. The van der Waals surface area contributed by atoms with Crippen molar-refractivity contribution < 1.29 is 9.53 Å². The van der Waals surface area contributed by atoms with E-state index >= 15 is 0 Å². The van der Waals surface area contributed by atoms with Gasteiger partial charge in [-0.2, -0.15) is 0 Å². The molecule has 0 saturated carbocycles. The fourth-order valence-electron chi connectivity index (χ4n) is 2.20. The summed E-state index contributed by atoms with van der Waals surface area (Å²) in [5.41, 5.74) is 7.52. The molecule has 6 heteroatoms. The van der Waals surface area contributed by atoms with Crippen LogP contribution in [0, 0.1) is 11.3 Å². The van der Waals surface area contributed by atoms with E-state index < -0.39 is 12.1 Å². The molecule has 2 aromatic carbocycles. The maximum atomic E-state index is 12.0. The molecule has 0 saturated heterocycles. The highest BCUT2D eigenvalue weighted by atomic mass is 16.5. The number of hydrazine groups is 1. The number of carbonyl (C=O) groups excluding carboxylic acids is 1. The number of anilines is 1. The molecule has 0 aromatic heterocycles. The predicted octanol–water partition coefficient (Wildman–Crippen LogP) is 3.53. The lowest BCUT2D eigenvalue weighted by molar-refractivity contribution is 0.136. The average molecular weight is 340 g/mol. The molecular weight excluding hydrogens is 316 g/mol. The number of hydrogen-bond acceptors (Lipinski definition) is 4. The van der Waals surface area contributed by atoms with Gasteiger partial charge in [-0.05, 0) is 23.6 Å². The van der Waals surface area contributed by atoms with Crippen LogP contribution in [0.5, 0.6) is 0 Å². The summed E-state index contributed by atoms with van der Waals surface area (Å²) in [4.78, 5) is 12.0. The van der Waals surface area contributed by atoms with E-state index in [9.17, 15) is 4.79 Å². The van der Waals surface area contributed by atoms with Crippen LogP contribution < -0.4 is 16.2 Å². The summed E-state index contributed by atoms with van der Waals surface area (Å²) in [6.07, 6.45) is -0.547. The van der Waals surface area contributed by atoms with E-state index in [2.05, 4.69) is 16.2 Å². The van der Waals surface area contributed by atoms with Gasteiger partial charge in [0.15, 0.2) is 0 Å². The van der Waals surface area contributed by atoms with E-state index in [1.807, 2.05) is 74.5 Å². The van der Waals surface area contributed by atoms with Gasteiger partial charge in [-0.25, -0.2) is 4.79 Å². The number of hydrogen-bond donors (Lipinski definition) is 4. The number of benzene rings is 2. The normalized spacial score (nSPS) is 11.5. The van der Waals surface area contributed by atoms with Crippen LogP contribution in [0.4, 0.5) is 10.5 Å². The van der Waals surface area contributed by atoms with Gasteiger partial charge >= 0.3 is 6.09 Å². The molecule has 0 fully saturated rings. The molecule has 25 heavy (non-hydrogen) atoms. The van der Waals surface area contributed by atoms with Crippen molar-refractivity contribution >= 4 is 17.6 Å². The van der Waals surface area contributed by atoms with Crippen molar-refractivity contribution in [2.75, 3.05) is 5.43 Å². The molecule has 0 unspecified atom stereocenters. The minimum absolute atomic E-state index is 0.0295. The van der Waals surface area contributed by atoms with Gasteiger partial charge in [0.25, 0.3) is 0 Å². The molecule has 132 valence electrons. The van der Waals surface area contributed by atoms with Crippen molar-refractivity contribution in [1.29, 1.82) is 5.41 Å². The van der Waals surface area contributed by atoms with Gasteiger partial charge in [-0.15, -0.1) is 0 Å². The molecule has 0 aliphatic carbocycles. The Balaban J connectivity index is 1.84.